The van der Waals surface area contributed by atoms with Gasteiger partial charge in [0.1, 0.15) is 0 Å². The molecule has 1 heterocycles. The Morgan fingerprint density at radius 3 is 2.55 bits per heavy atom. The van der Waals surface area contributed by atoms with Crippen molar-refractivity contribution < 1.29 is 5.11 Å². The van der Waals surface area contributed by atoms with Gasteiger partial charge in [-0.1, -0.05) is 54.2 Å². The highest BCUT2D eigenvalue weighted by molar-refractivity contribution is 7.99. The third-order valence-electron chi connectivity index (χ3n) is 3.13. The molecule has 0 bridgehead atoms. The number of benzene rings is 2. The molecule has 0 radical (unpaired) electrons. The molecule has 0 spiro atoms. The van der Waals surface area contributed by atoms with Crippen molar-refractivity contribution in [3.05, 3.63) is 60.2 Å². The first-order chi connectivity index (χ1) is 9.88. The van der Waals surface area contributed by atoms with Gasteiger partial charge < -0.3 is 9.67 Å². The first-order valence-electron chi connectivity index (χ1n) is 6.61. The molecule has 1 N–H and O–H groups in total. The number of thioether (sulfide) groups is 1. The van der Waals surface area contributed by atoms with E-state index in [-0.39, 0.29) is 6.61 Å². The van der Waals surface area contributed by atoms with Crippen LogP contribution in [0.1, 0.15) is 5.56 Å². The van der Waals surface area contributed by atoms with Gasteiger partial charge in [0.25, 0.3) is 0 Å². The molecule has 20 heavy (non-hydrogen) atoms. The maximum absolute atomic E-state index is 9.03. The monoisotopic (exact) mass is 284 g/mol. The van der Waals surface area contributed by atoms with Crippen LogP contribution in [0.25, 0.3) is 11.0 Å². The number of hydrogen-bond acceptors (Lipinski definition) is 3. The Bertz CT molecular complexity index is 694. The molecule has 0 saturated carbocycles. The van der Waals surface area contributed by atoms with Gasteiger partial charge in [-0.05, 0) is 17.7 Å². The molecule has 1 aromatic heterocycles. The summed E-state index contributed by atoms with van der Waals surface area (Å²) in [5, 5.41) is 9.99. The molecule has 3 nitrogen and oxygen atoms in total. The van der Waals surface area contributed by atoms with Crippen molar-refractivity contribution in [2.24, 2.45) is 0 Å². The van der Waals surface area contributed by atoms with E-state index in [1.807, 2.05) is 24.3 Å². The summed E-state index contributed by atoms with van der Waals surface area (Å²) < 4.78 is 2.21. The topological polar surface area (TPSA) is 38.1 Å². The number of fused-ring (bicyclic) bond motifs is 1. The number of aliphatic hydroxyl groups excluding tert-OH is 1. The van der Waals surface area contributed by atoms with Gasteiger partial charge in [-0.3, -0.25) is 0 Å². The third-order valence-corrected chi connectivity index (χ3v) is 4.08. The fourth-order valence-corrected chi connectivity index (χ4v) is 2.97. The molecular formula is C16H16N2OS. The van der Waals surface area contributed by atoms with E-state index < -0.39 is 0 Å². The summed E-state index contributed by atoms with van der Waals surface area (Å²) >= 11 is 1.59. The van der Waals surface area contributed by atoms with Crippen molar-refractivity contribution in [3.8, 4) is 0 Å². The molecule has 0 saturated heterocycles. The standard InChI is InChI=1S/C16H16N2OS/c19-10-11-20-16-17-14-8-4-5-9-15(14)18(16)12-13-6-2-1-3-7-13/h1-9,19H,10-12H2. The van der Waals surface area contributed by atoms with Crippen LogP contribution in [0.15, 0.2) is 59.8 Å². The van der Waals surface area contributed by atoms with Crippen molar-refractivity contribution in [1.29, 1.82) is 0 Å². The van der Waals surface area contributed by atoms with Gasteiger partial charge in [0, 0.05) is 5.75 Å². The van der Waals surface area contributed by atoms with Crippen molar-refractivity contribution in [1.82, 2.24) is 9.55 Å². The predicted molar refractivity (Wildman–Crippen MR) is 83.1 cm³/mol. The van der Waals surface area contributed by atoms with Crippen molar-refractivity contribution in [2.75, 3.05) is 12.4 Å². The van der Waals surface area contributed by atoms with Crippen LogP contribution in [0.5, 0.6) is 0 Å². The van der Waals surface area contributed by atoms with Crippen LogP contribution in [0, 0.1) is 0 Å². The minimum Gasteiger partial charge on any atom is -0.396 e. The van der Waals surface area contributed by atoms with Crippen LogP contribution in [0.2, 0.25) is 0 Å². The number of para-hydroxylation sites is 2. The molecule has 0 aliphatic carbocycles. The van der Waals surface area contributed by atoms with Gasteiger partial charge in [0.05, 0.1) is 24.2 Å². The molecule has 3 rings (SSSR count). The summed E-state index contributed by atoms with van der Waals surface area (Å²) in [5.74, 6) is 0.665. The number of hydrogen-bond donors (Lipinski definition) is 1. The number of rotatable bonds is 5. The number of aliphatic hydroxyl groups is 1. The highest BCUT2D eigenvalue weighted by Gasteiger charge is 2.10. The molecular weight excluding hydrogens is 268 g/mol. The van der Waals surface area contributed by atoms with E-state index in [4.69, 9.17) is 5.11 Å². The molecule has 2 aromatic carbocycles. The van der Waals surface area contributed by atoms with Crippen molar-refractivity contribution in [3.63, 3.8) is 0 Å². The Morgan fingerprint density at radius 1 is 1.00 bits per heavy atom. The van der Waals surface area contributed by atoms with Gasteiger partial charge in [-0.15, -0.1) is 0 Å². The Balaban J connectivity index is 2.01. The molecule has 0 aliphatic heterocycles. The fourth-order valence-electron chi connectivity index (χ4n) is 2.22. The van der Waals surface area contributed by atoms with Crippen LogP contribution in [0.3, 0.4) is 0 Å². The van der Waals surface area contributed by atoms with Crippen LogP contribution in [-0.2, 0) is 6.54 Å². The SMILES string of the molecule is OCCSc1nc2ccccc2n1Cc1ccccc1. The van der Waals surface area contributed by atoms with E-state index >= 15 is 0 Å². The minimum atomic E-state index is 0.166. The highest BCUT2D eigenvalue weighted by Crippen LogP contribution is 2.24. The molecule has 102 valence electrons. The second-order valence-electron chi connectivity index (χ2n) is 4.53. The van der Waals surface area contributed by atoms with E-state index in [0.717, 1.165) is 22.7 Å². The molecule has 0 amide bonds. The van der Waals surface area contributed by atoms with Crippen molar-refractivity contribution >= 4 is 22.8 Å². The summed E-state index contributed by atoms with van der Waals surface area (Å²) in [5.41, 5.74) is 3.39. The molecule has 0 unspecified atom stereocenters. The van der Waals surface area contributed by atoms with Gasteiger partial charge in [-0.25, -0.2) is 4.98 Å². The summed E-state index contributed by atoms with van der Waals surface area (Å²) in [6, 6.07) is 18.5. The number of nitrogens with zero attached hydrogens (tertiary/aromatic N) is 2. The summed E-state index contributed by atoms with van der Waals surface area (Å²) in [6.45, 7) is 0.967. The highest BCUT2D eigenvalue weighted by atomic mass is 32.2. The summed E-state index contributed by atoms with van der Waals surface area (Å²) in [4.78, 5) is 4.66. The second-order valence-corrected chi connectivity index (χ2v) is 5.59. The lowest BCUT2D eigenvalue weighted by Crippen LogP contribution is -2.02. The number of imidazole rings is 1. The average molecular weight is 284 g/mol. The fraction of sp³-hybridized carbons (Fsp3) is 0.188. The van der Waals surface area contributed by atoms with E-state index in [1.165, 1.54) is 5.56 Å². The van der Waals surface area contributed by atoms with E-state index in [9.17, 15) is 0 Å². The minimum absolute atomic E-state index is 0.166. The zero-order valence-electron chi connectivity index (χ0n) is 11.1. The molecule has 4 heteroatoms. The predicted octanol–water partition coefficient (Wildman–Crippen LogP) is 3.17. The van der Waals surface area contributed by atoms with Gasteiger partial charge in [0.2, 0.25) is 0 Å². The van der Waals surface area contributed by atoms with E-state index in [1.54, 1.807) is 11.8 Å². The first kappa shape index (κ1) is 13.2. The van der Waals surface area contributed by atoms with Gasteiger partial charge >= 0.3 is 0 Å². The maximum atomic E-state index is 9.03. The largest absolute Gasteiger partial charge is 0.396 e. The Hall–Kier alpha value is -1.78. The molecule has 3 aromatic rings. The van der Waals surface area contributed by atoms with Crippen LogP contribution >= 0.6 is 11.8 Å². The zero-order chi connectivity index (χ0) is 13.8. The Morgan fingerprint density at radius 2 is 1.75 bits per heavy atom. The zero-order valence-corrected chi connectivity index (χ0v) is 11.9. The first-order valence-corrected chi connectivity index (χ1v) is 7.60. The lowest BCUT2D eigenvalue weighted by molar-refractivity contribution is 0.322. The normalized spacial score (nSPS) is 11.1. The van der Waals surface area contributed by atoms with Crippen molar-refractivity contribution in [2.45, 2.75) is 11.7 Å². The molecule has 0 fully saturated rings. The second kappa shape index (κ2) is 6.11. The van der Waals surface area contributed by atoms with E-state index in [0.29, 0.717) is 5.75 Å². The van der Waals surface area contributed by atoms with Gasteiger partial charge in [-0.2, -0.15) is 0 Å². The molecule has 0 atom stereocenters. The third kappa shape index (κ3) is 2.71. The smallest absolute Gasteiger partial charge is 0.169 e. The average Bonchev–Trinajstić information content (AvgIpc) is 2.84. The maximum Gasteiger partial charge on any atom is 0.169 e. The van der Waals surface area contributed by atoms with Crippen LogP contribution < -0.4 is 0 Å². The Labute approximate surface area is 122 Å². The summed E-state index contributed by atoms with van der Waals surface area (Å²) in [6.07, 6.45) is 0. The molecule has 0 aliphatic rings. The van der Waals surface area contributed by atoms with Gasteiger partial charge in [0.15, 0.2) is 5.16 Å². The number of aromatic nitrogens is 2. The van der Waals surface area contributed by atoms with E-state index in [2.05, 4.69) is 39.9 Å². The quantitative estimate of drug-likeness (QED) is 0.731. The summed E-state index contributed by atoms with van der Waals surface area (Å²) in [7, 11) is 0. The van der Waals surface area contributed by atoms with Crippen LogP contribution in [-0.4, -0.2) is 27.0 Å². The lowest BCUT2D eigenvalue weighted by atomic mass is 10.2. The lowest BCUT2D eigenvalue weighted by Gasteiger charge is -2.08. The Kier molecular flexibility index (Phi) is 4.04. The van der Waals surface area contributed by atoms with Crippen LogP contribution in [0.4, 0.5) is 0 Å².